The predicted molar refractivity (Wildman–Crippen MR) is 94.0 cm³/mol. The number of benzene rings is 1. The fourth-order valence-electron chi connectivity index (χ4n) is 3.68. The monoisotopic (exact) mass is 343 g/mol. The Kier molecular flexibility index (Phi) is 4.02. The van der Waals surface area contributed by atoms with Crippen LogP contribution in [0, 0.1) is 5.92 Å². The van der Waals surface area contributed by atoms with Crippen LogP contribution in [0.3, 0.4) is 0 Å². The van der Waals surface area contributed by atoms with Crippen LogP contribution in [0.25, 0.3) is 11.3 Å². The molecule has 0 amide bonds. The average Bonchev–Trinajstić information content (AvgIpc) is 2.62. The highest BCUT2D eigenvalue weighted by atomic mass is 32.2. The summed E-state index contributed by atoms with van der Waals surface area (Å²) in [7, 11) is -3.47. The fraction of sp³-hybridized carbons (Fsp3) is 0.389. The molecule has 2 N–H and O–H groups in total. The second-order valence-electron chi connectivity index (χ2n) is 6.57. The second-order valence-corrected chi connectivity index (χ2v) is 8.25. The fourth-order valence-corrected chi connectivity index (χ4v) is 5.05. The summed E-state index contributed by atoms with van der Waals surface area (Å²) in [6, 6.07) is 11.1. The molecule has 1 aromatic carbocycles. The topological polar surface area (TPSA) is 71.1 Å². The average molecular weight is 343 g/mol. The Labute approximate surface area is 142 Å². The van der Waals surface area contributed by atoms with Gasteiger partial charge in [-0.25, -0.2) is 8.42 Å². The van der Waals surface area contributed by atoms with E-state index in [0.29, 0.717) is 16.5 Å². The van der Waals surface area contributed by atoms with Crippen molar-refractivity contribution in [2.24, 2.45) is 5.92 Å². The van der Waals surface area contributed by atoms with Crippen molar-refractivity contribution in [3.05, 3.63) is 42.6 Å². The first kappa shape index (κ1) is 15.6. The van der Waals surface area contributed by atoms with E-state index < -0.39 is 10.0 Å². The first-order valence-corrected chi connectivity index (χ1v) is 9.96. The number of pyridine rings is 1. The van der Waals surface area contributed by atoms with Gasteiger partial charge in [0, 0.05) is 11.8 Å². The van der Waals surface area contributed by atoms with E-state index in [1.54, 1.807) is 12.3 Å². The third-order valence-corrected chi connectivity index (χ3v) is 6.44. The van der Waals surface area contributed by atoms with Gasteiger partial charge in [-0.1, -0.05) is 31.4 Å². The van der Waals surface area contributed by atoms with Crippen LogP contribution < -0.4 is 10.0 Å². The van der Waals surface area contributed by atoms with Gasteiger partial charge in [0.2, 0.25) is 10.0 Å². The van der Waals surface area contributed by atoms with E-state index in [9.17, 15) is 8.42 Å². The highest BCUT2D eigenvalue weighted by Gasteiger charge is 2.34. The van der Waals surface area contributed by atoms with Gasteiger partial charge >= 0.3 is 0 Å². The molecule has 0 spiro atoms. The highest BCUT2D eigenvalue weighted by Crippen LogP contribution is 2.35. The van der Waals surface area contributed by atoms with E-state index in [0.717, 1.165) is 24.1 Å². The van der Waals surface area contributed by atoms with Crippen LogP contribution in [0.2, 0.25) is 0 Å². The Hall–Kier alpha value is -1.92. The molecule has 4 rings (SSSR count). The number of nitrogens with one attached hydrogen (secondary N) is 2. The Morgan fingerprint density at radius 3 is 2.62 bits per heavy atom. The summed E-state index contributed by atoms with van der Waals surface area (Å²) in [4.78, 5) is 4.66. The van der Waals surface area contributed by atoms with Gasteiger partial charge in [0.15, 0.2) is 0 Å². The zero-order valence-corrected chi connectivity index (χ0v) is 14.2. The molecule has 126 valence electrons. The van der Waals surface area contributed by atoms with Crippen LogP contribution in [0.15, 0.2) is 47.5 Å². The standard InChI is InChI=1S/C18H21N3O2S/c22-24(23)17-10-9-14(15-8-4-5-11-19-15)12-16(17)20-18(21-24)13-6-2-1-3-7-13/h4-5,8-13,18,20-21H,1-3,6-7H2. The number of anilines is 1. The lowest BCUT2D eigenvalue weighted by Gasteiger charge is -2.35. The number of hydrogen-bond donors (Lipinski definition) is 2. The van der Waals surface area contributed by atoms with Gasteiger partial charge in [-0.3, -0.25) is 4.98 Å². The SMILES string of the molecule is O=S1(=O)NC(C2CCCCC2)Nc2cc(-c3ccccn3)ccc21. The summed E-state index contributed by atoms with van der Waals surface area (Å²) in [5.41, 5.74) is 2.43. The molecule has 1 atom stereocenters. The van der Waals surface area contributed by atoms with Gasteiger partial charge in [-0.2, -0.15) is 4.72 Å². The Balaban J connectivity index is 1.70. The molecule has 1 aliphatic carbocycles. The minimum Gasteiger partial charge on any atom is -0.368 e. The minimum atomic E-state index is -3.47. The number of sulfonamides is 1. The lowest BCUT2D eigenvalue weighted by Crippen LogP contribution is -2.49. The Morgan fingerprint density at radius 1 is 1.04 bits per heavy atom. The van der Waals surface area contributed by atoms with Crippen LogP contribution >= 0.6 is 0 Å². The molecule has 1 unspecified atom stereocenters. The molecule has 0 bridgehead atoms. The smallest absolute Gasteiger partial charge is 0.244 e. The van der Waals surface area contributed by atoms with Crippen molar-refractivity contribution < 1.29 is 8.42 Å². The van der Waals surface area contributed by atoms with Crippen molar-refractivity contribution >= 4 is 15.7 Å². The summed E-state index contributed by atoms with van der Waals surface area (Å²) in [6.07, 6.45) is 7.24. The Morgan fingerprint density at radius 2 is 1.88 bits per heavy atom. The minimum absolute atomic E-state index is 0.221. The van der Waals surface area contributed by atoms with Crippen molar-refractivity contribution in [1.82, 2.24) is 9.71 Å². The van der Waals surface area contributed by atoms with E-state index in [1.165, 1.54) is 19.3 Å². The van der Waals surface area contributed by atoms with Gasteiger partial charge in [-0.15, -0.1) is 0 Å². The highest BCUT2D eigenvalue weighted by molar-refractivity contribution is 7.89. The molecule has 2 heterocycles. The van der Waals surface area contributed by atoms with Gasteiger partial charge in [0.25, 0.3) is 0 Å². The third-order valence-electron chi connectivity index (χ3n) is 4.94. The summed E-state index contributed by atoms with van der Waals surface area (Å²) >= 11 is 0. The number of rotatable bonds is 2. The van der Waals surface area contributed by atoms with Crippen molar-refractivity contribution in [1.29, 1.82) is 0 Å². The molecule has 1 aromatic heterocycles. The molecular weight excluding hydrogens is 322 g/mol. The largest absolute Gasteiger partial charge is 0.368 e. The first-order valence-electron chi connectivity index (χ1n) is 8.48. The van der Waals surface area contributed by atoms with Crippen LogP contribution in [0.5, 0.6) is 0 Å². The van der Waals surface area contributed by atoms with Crippen molar-refractivity contribution in [2.75, 3.05) is 5.32 Å². The Bertz CT molecular complexity index is 831. The molecule has 1 fully saturated rings. The van der Waals surface area contributed by atoms with Crippen molar-refractivity contribution in [3.8, 4) is 11.3 Å². The molecule has 0 radical (unpaired) electrons. The number of nitrogens with zero attached hydrogens (tertiary/aromatic N) is 1. The van der Waals surface area contributed by atoms with E-state index in [1.807, 2.05) is 30.3 Å². The summed E-state index contributed by atoms with van der Waals surface area (Å²) < 4.78 is 28.0. The van der Waals surface area contributed by atoms with Gasteiger partial charge in [-0.05, 0) is 43.0 Å². The lowest BCUT2D eigenvalue weighted by atomic mass is 9.87. The zero-order valence-electron chi connectivity index (χ0n) is 13.4. The molecule has 24 heavy (non-hydrogen) atoms. The van der Waals surface area contributed by atoms with E-state index >= 15 is 0 Å². The van der Waals surface area contributed by atoms with Crippen LogP contribution in [-0.4, -0.2) is 19.6 Å². The van der Waals surface area contributed by atoms with E-state index in [4.69, 9.17) is 0 Å². The first-order chi connectivity index (χ1) is 11.6. The van der Waals surface area contributed by atoms with Crippen LogP contribution in [-0.2, 0) is 10.0 Å². The number of aromatic nitrogens is 1. The van der Waals surface area contributed by atoms with E-state index in [2.05, 4.69) is 15.0 Å². The maximum Gasteiger partial charge on any atom is 0.244 e. The zero-order chi connectivity index (χ0) is 16.6. The molecule has 1 aliphatic heterocycles. The maximum atomic E-state index is 12.6. The molecule has 0 saturated heterocycles. The van der Waals surface area contributed by atoms with Crippen LogP contribution in [0.1, 0.15) is 32.1 Å². The third kappa shape index (κ3) is 2.91. The number of fused-ring (bicyclic) bond motifs is 1. The van der Waals surface area contributed by atoms with Gasteiger partial charge in [0.05, 0.1) is 17.5 Å². The maximum absolute atomic E-state index is 12.6. The summed E-state index contributed by atoms with van der Waals surface area (Å²) in [6.45, 7) is 0. The van der Waals surface area contributed by atoms with Gasteiger partial charge in [0.1, 0.15) is 4.90 Å². The quantitative estimate of drug-likeness (QED) is 0.877. The molecular formula is C18H21N3O2S. The molecule has 6 heteroatoms. The normalized spacial score (nSPS) is 23.2. The summed E-state index contributed by atoms with van der Waals surface area (Å²) in [5, 5.41) is 3.41. The molecule has 1 saturated carbocycles. The molecule has 2 aromatic rings. The van der Waals surface area contributed by atoms with Crippen molar-refractivity contribution in [2.45, 2.75) is 43.2 Å². The second kappa shape index (κ2) is 6.18. The van der Waals surface area contributed by atoms with Crippen LogP contribution in [0.4, 0.5) is 5.69 Å². The summed E-state index contributed by atoms with van der Waals surface area (Å²) in [5.74, 6) is 0.347. The van der Waals surface area contributed by atoms with Gasteiger partial charge < -0.3 is 5.32 Å². The number of hydrogen-bond acceptors (Lipinski definition) is 4. The lowest BCUT2D eigenvalue weighted by molar-refractivity contribution is 0.306. The predicted octanol–water partition coefficient (Wildman–Crippen LogP) is 3.36. The molecule has 2 aliphatic rings. The molecule has 5 nitrogen and oxygen atoms in total. The van der Waals surface area contributed by atoms with E-state index in [-0.39, 0.29) is 6.17 Å². The van der Waals surface area contributed by atoms with Crippen molar-refractivity contribution in [3.63, 3.8) is 0 Å².